The first-order valence-electron chi connectivity index (χ1n) is 8.24. The molecular weight excluding hydrogens is 521 g/mol. The molecule has 11 heteroatoms. The molecule has 1 aromatic heterocycles. The van der Waals surface area contributed by atoms with Crippen molar-refractivity contribution >= 4 is 56.6 Å². The number of benzene rings is 2. The molecule has 3 aromatic rings. The zero-order valence-corrected chi connectivity index (χ0v) is 19.0. The number of carbonyl (C=O) groups is 1. The Kier molecular flexibility index (Phi) is 6.88. The molecule has 0 spiro atoms. The monoisotopic (exact) mass is 530 g/mol. The van der Waals surface area contributed by atoms with E-state index < -0.39 is 11.7 Å². The van der Waals surface area contributed by atoms with Crippen molar-refractivity contribution in [1.29, 1.82) is 5.26 Å². The molecule has 3 rings (SSSR count). The standard InChI is InChI=1S/C19H11BrCl3FN4O2/c1-8-27-16(18(23)28-8)19(29)26-7-10-4-13(20)14(22)17(15(10)24)30-12-3-9(6-25)2-11(21)5-12/h2-5H,7H2,1H3,(H,26,29)(H,27,28). The summed E-state index contributed by atoms with van der Waals surface area (Å²) in [7, 11) is 0. The zero-order valence-electron chi connectivity index (χ0n) is 15.1. The molecule has 1 heterocycles. The van der Waals surface area contributed by atoms with Crippen LogP contribution in [0.25, 0.3) is 0 Å². The number of nitrogens with one attached hydrogen (secondary N) is 2. The molecule has 0 aliphatic heterocycles. The molecule has 2 aromatic carbocycles. The second-order valence-electron chi connectivity index (χ2n) is 6.03. The molecule has 0 aliphatic rings. The van der Waals surface area contributed by atoms with Gasteiger partial charge in [-0.15, -0.1) is 0 Å². The van der Waals surface area contributed by atoms with E-state index in [1.165, 1.54) is 24.3 Å². The fourth-order valence-electron chi connectivity index (χ4n) is 2.53. The SMILES string of the molecule is Cc1nc(Cl)c(C(=O)NCc2cc(Br)c(Cl)c(Oc3cc(Cl)cc(C#N)c3)c2F)[nH]1. The van der Waals surface area contributed by atoms with Gasteiger partial charge in [0.05, 0.1) is 11.6 Å². The highest BCUT2D eigenvalue weighted by Gasteiger charge is 2.21. The molecule has 1 amide bonds. The van der Waals surface area contributed by atoms with Gasteiger partial charge in [-0.2, -0.15) is 5.26 Å². The number of aromatic amines is 1. The van der Waals surface area contributed by atoms with Gasteiger partial charge < -0.3 is 15.0 Å². The Hall–Kier alpha value is -2.31. The zero-order chi connectivity index (χ0) is 22.0. The molecule has 0 unspecified atom stereocenters. The van der Waals surface area contributed by atoms with Crippen LogP contribution in [0.2, 0.25) is 15.2 Å². The number of rotatable bonds is 5. The first kappa shape index (κ1) is 22.4. The van der Waals surface area contributed by atoms with Gasteiger partial charge in [0.25, 0.3) is 5.91 Å². The number of hydrogen-bond donors (Lipinski definition) is 2. The van der Waals surface area contributed by atoms with Crippen molar-refractivity contribution in [3.8, 4) is 17.6 Å². The van der Waals surface area contributed by atoms with E-state index in [-0.39, 0.29) is 50.1 Å². The average Bonchev–Trinajstić information content (AvgIpc) is 3.04. The number of amides is 1. The number of ether oxygens (including phenoxy) is 1. The highest BCUT2D eigenvalue weighted by atomic mass is 79.9. The summed E-state index contributed by atoms with van der Waals surface area (Å²) >= 11 is 21.3. The van der Waals surface area contributed by atoms with Crippen LogP contribution in [0.4, 0.5) is 4.39 Å². The van der Waals surface area contributed by atoms with Crippen LogP contribution in [0.1, 0.15) is 27.4 Å². The van der Waals surface area contributed by atoms with E-state index in [1.54, 1.807) is 6.92 Å². The number of carbonyl (C=O) groups excluding carboxylic acids is 1. The van der Waals surface area contributed by atoms with Crippen LogP contribution in [0.5, 0.6) is 11.5 Å². The minimum atomic E-state index is -0.783. The van der Waals surface area contributed by atoms with Crippen molar-refractivity contribution in [1.82, 2.24) is 15.3 Å². The maximum atomic E-state index is 15.1. The van der Waals surface area contributed by atoms with Gasteiger partial charge in [0.15, 0.2) is 16.7 Å². The van der Waals surface area contributed by atoms with E-state index >= 15 is 4.39 Å². The van der Waals surface area contributed by atoms with Gasteiger partial charge >= 0.3 is 0 Å². The second kappa shape index (κ2) is 9.23. The summed E-state index contributed by atoms with van der Waals surface area (Å²) < 4.78 is 21.0. The fraction of sp³-hybridized carbons (Fsp3) is 0.105. The largest absolute Gasteiger partial charge is 0.453 e. The Labute approximate surface area is 194 Å². The summed E-state index contributed by atoms with van der Waals surface area (Å²) in [5.74, 6) is -1.01. The van der Waals surface area contributed by atoms with Gasteiger partial charge in [0, 0.05) is 21.6 Å². The number of aromatic nitrogens is 2. The van der Waals surface area contributed by atoms with E-state index in [2.05, 4.69) is 31.2 Å². The van der Waals surface area contributed by atoms with Gasteiger partial charge in [-0.3, -0.25) is 4.79 Å². The van der Waals surface area contributed by atoms with Gasteiger partial charge in [0.2, 0.25) is 0 Å². The van der Waals surface area contributed by atoms with Crippen LogP contribution < -0.4 is 10.1 Å². The summed E-state index contributed by atoms with van der Waals surface area (Å²) in [4.78, 5) is 18.9. The van der Waals surface area contributed by atoms with Crippen molar-refractivity contribution in [2.24, 2.45) is 0 Å². The maximum Gasteiger partial charge on any atom is 0.271 e. The minimum Gasteiger partial charge on any atom is -0.453 e. The molecule has 0 radical (unpaired) electrons. The van der Waals surface area contributed by atoms with E-state index in [9.17, 15) is 4.79 Å². The molecule has 0 fully saturated rings. The van der Waals surface area contributed by atoms with Gasteiger partial charge in [-0.05, 0) is 47.1 Å². The number of aryl methyl sites for hydroxylation is 1. The maximum absolute atomic E-state index is 15.1. The second-order valence-corrected chi connectivity index (χ2v) is 8.06. The Morgan fingerprint density at radius 2 is 2.07 bits per heavy atom. The highest BCUT2D eigenvalue weighted by molar-refractivity contribution is 9.10. The predicted octanol–water partition coefficient (Wildman–Crippen LogP) is 6.17. The number of hydrogen-bond acceptors (Lipinski definition) is 4. The molecule has 2 N–H and O–H groups in total. The first-order valence-corrected chi connectivity index (χ1v) is 10.2. The summed E-state index contributed by atoms with van der Waals surface area (Å²) in [6.45, 7) is 1.47. The number of halogens is 5. The van der Waals surface area contributed by atoms with E-state index in [0.29, 0.717) is 10.3 Å². The summed E-state index contributed by atoms with van der Waals surface area (Å²) in [5.41, 5.74) is 0.412. The third-order valence-corrected chi connectivity index (χ3v) is 5.58. The number of H-pyrrole nitrogens is 1. The molecular formula is C19H11BrCl3FN4O2. The topological polar surface area (TPSA) is 90.8 Å². The average molecular weight is 533 g/mol. The summed E-state index contributed by atoms with van der Waals surface area (Å²) in [6.07, 6.45) is 0. The van der Waals surface area contributed by atoms with Crippen LogP contribution in [0, 0.1) is 24.1 Å². The van der Waals surface area contributed by atoms with Crippen LogP contribution >= 0.6 is 50.7 Å². The summed E-state index contributed by atoms with van der Waals surface area (Å²) in [5, 5.41) is 11.9. The van der Waals surface area contributed by atoms with Crippen LogP contribution in [0.3, 0.4) is 0 Å². The van der Waals surface area contributed by atoms with E-state index in [0.717, 1.165) is 0 Å². The molecule has 0 saturated heterocycles. The lowest BCUT2D eigenvalue weighted by Gasteiger charge is -2.14. The van der Waals surface area contributed by atoms with Gasteiger partial charge in [-0.1, -0.05) is 34.8 Å². The lowest BCUT2D eigenvalue weighted by atomic mass is 10.2. The molecule has 0 bridgehead atoms. The Bertz CT molecular complexity index is 1190. The number of nitriles is 1. The molecule has 0 saturated carbocycles. The van der Waals surface area contributed by atoms with E-state index in [4.69, 9.17) is 44.8 Å². The fourth-order valence-corrected chi connectivity index (χ4v) is 3.65. The lowest BCUT2D eigenvalue weighted by molar-refractivity contribution is 0.0946. The Balaban J connectivity index is 1.88. The molecule has 0 atom stereocenters. The molecule has 154 valence electrons. The Morgan fingerprint density at radius 3 is 2.70 bits per heavy atom. The minimum absolute atomic E-state index is 0.0148. The quantitative estimate of drug-likeness (QED) is 0.384. The van der Waals surface area contributed by atoms with Gasteiger partial charge in [-0.25, -0.2) is 9.37 Å². The molecule has 0 aliphatic carbocycles. The third-order valence-electron chi connectivity index (χ3n) is 3.86. The predicted molar refractivity (Wildman–Crippen MR) is 115 cm³/mol. The lowest BCUT2D eigenvalue weighted by Crippen LogP contribution is -2.24. The normalized spacial score (nSPS) is 10.6. The summed E-state index contributed by atoms with van der Waals surface area (Å²) in [6, 6.07) is 7.61. The first-order chi connectivity index (χ1) is 14.2. The van der Waals surface area contributed by atoms with Crippen molar-refractivity contribution in [2.45, 2.75) is 13.5 Å². The van der Waals surface area contributed by atoms with Crippen LogP contribution in [0.15, 0.2) is 28.7 Å². The van der Waals surface area contributed by atoms with E-state index in [1.807, 2.05) is 6.07 Å². The number of imidazole rings is 1. The molecule has 6 nitrogen and oxygen atoms in total. The van der Waals surface area contributed by atoms with Gasteiger partial charge in [0.1, 0.15) is 22.3 Å². The number of nitrogens with zero attached hydrogens (tertiary/aromatic N) is 2. The van der Waals surface area contributed by atoms with Crippen molar-refractivity contribution < 1.29 is 13.9 Å². The molecule has 30 heavy (non-hydrogen) atoms. The smallest absolute Gasteiger partial charge is 0.271 e. The van der Waals surface area contributed by atoms with Crippen LogP contribution in [-0.2, 0) is 6.54 Å². The Morgan fingerprint density at radius 1 is 1.33 bits per heavy atom. The van der Waals surface area contributed by atoms with Crippen molar-refractivity contribution in [3.05, 3.63) is 72.4 Å². The van der Waals surface area contributed by atoms with Crippen molar-refractivity contribution in [2.75, 3.05) is 0 Å². The highest BCUT2D eigenvalue weighted by Crippen LogP contribution is 2.40. The van der Waals surface area contributed by atoms with Crippen LogP contribution in [-0.4, -0.2) is 15.9 Å². The third kappa shape index (κ3) is 4.87. The van der Waals surface area contributed by atoms with Crippen molar-refractivity contribution in [3.63, 3.8) is 0 Å².